The van der Waals surface area contributed by atoms with Gasteiger partial charge in [0.2, 0.25) is 0 Å². The fraction of sp³-hybridized carbons (Fsp3) is 0.136. The molecule has 0 spiro atoms. The first-order valence-corrected chi connectivity index (χ1v) is 8.42. The van der Waals surface area contributed by atoms with Crippen molar-refractivity contribution in [2.45, 2.75) is 18.5 Å². The van der Waals surface area contributed by atoms with Gasteiger partial charge in [-0.05, 0) is 36.3 Å². The first kappa shape index (κ1) is 17.5. The number of hydrogen-bond acceptors (Lipinski definition) is 1. The lowest BCUT2D eigenvalue weighted by Crippen LogP contribution is -2.36. The average molecular weight is 369 g/mol. The summed E-state index contributed by atoms with van der Waals surface area (Å²) >= 11 is 0. The second kappa shape index (κ2) is 6.05. The Morgan fingerprint density at radius 3 is 2.11 bits per heavy atom. The Labute approximate surface area is 154 Å². The molecule has 0 aromatic heterocycles. The number of allylic oxidation sites excluding steroid dienone is 5. The average Bonchev–Trinajstić information content (AvgIpc) is 3.09. The van der Waals surface area contributed by atoms with Crippen molar-refractivity contribution >= 4 is 6.21 Å². The molecule has 5 heteroatoms. The van der Waals surface area contributed by atoms with Gasteiger partial charge >= 0.3 is 6.18 Å². The van der Waals surface area contributed by atoms with E-state index in [4.69, 9.17) is 0 Å². The maximum atomic E-state index is 13.8. The number of halogens is 4. The molecule has 1 atom stereocenters. The molecule has 0 radical (unpaired) electrons. The molecule has 1 unspecified atom stereocenters. The third-order valence-electron chi connectivity index (χ3n) is 5.11. The molecule has 1 aliphatic heterocycles. The molecule has 1 nitrogen and oxygen atoms in total. The topological polar surface area (TPSA) is 12.4 Å². The standard InChI is InChI=1S/C22H15F4N/c1-14-7-12-19-20(18(13-27-19)22(24,25)26)21(14,15-5-3-2-4-6-15)16-8-10-17(23)11-9-16/h2-13H,1H3. The fourth-order valence-electron chi connectivity index (χ4n) is 3.96. The molecule has 0 saturated carbocycles. The molecule has 0 amide bonds. The van der Waals surface area contributed by atoms with Crippen LogP contribution in [-0.2, 0) is 5.41 Å². The molecule has 136 valence electrons. The van der Waals surface area contributed by atoms with Gasteiger partial charge in [0.15, 0.2) is 0 Å². The van der Waals surface area contributed by atoms with Crippen LogP contribution < -0.4 is 0 Å². The van der Waals surface area contributed by atoms with Crippen molar-refractivity contribution < 1.29 is 17.6 Å². The smallest absolute Gasteiger partial charge is 0.256 e. The van der Waals surface area contributed by atoms with Crippen molar-refractivity contribution in [1.29, 1.82) is 0 Å². The van der Waals surface area contributed by atoms with Crippen molar-refractivity contribution in [1.82, 2.24) is 0 Å². The largest absolute Gasteiger partial charge is 0.418 e. The van der Waals surface area contributed by atoms with Crippen LogP contribution in [0.3, 0.4) is 0 Å². The Balaban J connectivity index is 2.13. The number of aliphatic imine (C=N–C) groups is 1. The molecule has 2 aromatic carbocycles. The summed E-state index contributed by atoms with van der Waals surface area (Å²) in [5, 5.41) is 0. The SMILES string of the molecule is CC1=CC=C2N=CC(C(F)(F)F)=C2C1(c1ccccc1)c1ccc(F)cc1. The molecule has 4 rings (SSSR count). The van der Waals surface area contributed by atoms with Crippen LogP contribution in [-0.4, -0.2) is 12.4 Å². The number of alkyl halides is 3. The molecule has 2 aliphatic rings. The lowest BCUT2D eigenvalue weighted by atomic mass is 9.61. The molecule has 0 fully saturated rings. The van der Waals surface area contributed by atoms with E-state index in [1.807, 2.05) is 6.07 Å². The highest BCUT2D eigenvalue weighted by Gasteiger charge is 2.50. The van der Waals surface area contributed by atoms with Gasteiger partial charge in [-0.3, -0.25) is 4.99 Å². The van der Waals surface area contributed by atoms with E-state index in [-0.39, 0.29) is 11.3 Å². The van der Waals surface area contributed by atoms with Crippen LogP contribution in [0.15, 0.2) is 94.2 Å². The lowest BCUT2D eigenvalue weighted by molar-refractivity contribution is -0.0863. The first-order chi connectivity index (χ1) is 12.8. The molecule has 0 saturated heterocycles. The lowest BCUT2D eigenvalue weighted by Gasteiger charge is -2.40. The highest BCUT2D eigenvalue weighted by molar-refractivity contribution is 5.91. The molecule has 0 N–H and O–H groups in total. The van der Waals surface area contributed by atoms with Gasteiger partial charge < -0.3 is 0 Å². The number of nitrogens with zero attached hydrogens (tertiary/aromatic N) is 1. The van der Waals surface area contributed by atoms with E-state index in [0.717, 1.165) is 6.21 Å². The summed E-state index contributed by atoms with van der Waals surface area (Å²) in [5.41, 5.74) is 0.366. The van der Waals surface area contributed by atoms with Crippen molar-refractivity contribution in [3.8, 4) is 0 Å². The van der Waals surface area contributed by atoms with E-state index in [2.05, 4.69) is 4.99 Å². The van der Waals surface area contributed by atoms with Crippen LogP contribution in [0.5, 0.6) is 0 Å². The Kier molecular flexibility index (Phi) is 3.91. The van der Waals surface area contributed by atoms with Crippen LogP contribution in [0.25, 0.3) is 0 Å². The van der Waals surface area contributed by atoms with Gasteiger partial charge in [0.25, 0.3) is 0 Å². The number of rotatable bonds is 2. The zero-order valence-electron chi connectivity index (χ0n) is 14.4. The zero-order chi connectivity index (χ0) is 19.2. The van der Waals surface area contributed by atoms with Gasteiger partial charge in [0, 0.05) is 11.8 Å². The van der Waals surface area contributed by atoms with Crippen LogP contribution in [0.1, 0.15) is 18.1 Å². The Bertz CT molecular complexity index is 1010. The number of hydrogen-bond donors (Lipinski definition) is 0. The van der Waals surface area contributed by atoms with E-state index in [9.17, 15) is 17.6 Å². The fourth-order valence-corrected chi connectivity index (χ4v) is 3.96. The van der Waals surface area contributed by atoms with Crippen molar-refractivity contribution in [2.24, 2.45) is 4.99 Å². The van der Waals surface area contributed by atoms with Gasteiger partial charge in [-0.15, -0.1) is 0 Å². The molecular weight excluding hydrogens is 354 g/mol. The second-order valence-electron chi connectivity index (χ2n) is 6.57. The molecule has 0 bridgehead atoms. The quantitative estimate of drug-likeness (QED) is 0.585. The molecule has 2 aromatic rings. The summed E-state index contributed by atoms with van der Waals surface area (Å²) in [6, 6.07) is 14.6. The Morgan fingerprint density at radius 2 is 1.48 bits per heavy atom. The maximum Gasteiger partial charge on any atom is 0.418 e. The summed E-state index contributed by atoms with van der Waals surface area (Å²) in [7, 11) is 0. The minimum absolute atomic E-state index is 0.0906. The predicted molar refractivity (Wildman–Crippen MR) is 97.0 cm³/mol. The molecular formula is C22H15F4N. The van der Waals surface area contributed by atoms with Gasteiger partial charge in [-0.25, -0.2) is 4.39 Å². The highest BCUT2D eigenvalue weighted by Crippen LogP contribution is 2.54. The van der Waals surface area contributed by atoms with Crippen molar-refractivity contribution in [3.63, 3.8) is 0 Å². The predicted octanol–water partition coefficient (Wildman–Crippen LogP) is 5.90. The maximum absolute atomic E-state index is 13.8. The summed E-state index contributed by atoms with van der Waals surface area (Å²) < 4.78 is 55.1. The highest BCUT2D eigenvalue weighted by atomic mass is 19.4. The summed E-state index contributed by atoms with van der Waals surface area (Å²) in [4.78, 5) is 4.03. The van der Waals surface area contributed by atoms with Crippen LogP contribution in [0.2, 0.25) is 0 Å². The zero-order valence-corrected chi connectivity index (χ0v) is 14.4. The Hall–Kier alpha value is -2.95. The molecule has 1 heterocycles. The molecule has 27 heavy (non-hydrogen) atoms. The van der Waals surface area contributed by atoms with Crippen LogP contribution in [0.4, 0.5) is 17.6 Å². The van der Waals surface area contributed by atoms with Gasteiger partial charge in [0.1, 0.15) is 5.82 Å². The minimum atomic E-state index is -4.55. The van der Waals surface area contributed by atoms with E-state index >= 15 is 0 Å². The minimum Gasteiger partial charge on any atom is -0.256 e. The third kappa shape index (κ3) is 2.57. The number of benzene rings is 2. The van der Waals surface area contributed by atoms with E-state index in [1.165, 1.54) is 12.1 Å². The summed E-state index contributed by atoms with van der Waals surface area (Å²) in [6.07, 6.45) is -0.280. The van der Waals surface area contributed by atoms with Crippen LogP contribution >= 0.6 is 0 Å². The van der Waals surface area contributed by atoms with E-state index < -0.39 is 23.0 Å². The summed E-state index contributed by atoms with van der Waals surface area (Å²) in [5.74, 6) is -0.442. The van der Waals surface area contributed by atoms with E-state index in [1.54, 1.807) is 55.5 Å². The normalized spacial score (nSPS) is 21.8. The van der Waals surface area contributed by atoms with Crippen molar-refractivity contribution in [3.05, 3.63) is 106 Å². The second-order valence-corrected chi connectivity index (χ2v) is 6.57. The van der Waals surface area contributed by atoms with E-state index in [0.29, 0.717) is 16.7 Å². The first-order valence-electron chi connectivity index (χ1n) is 8.42. The van der Waals surface area contributed by atoms with Gasteiger partial charge in [0.05, 0.1) is 16.7 Å². The third-order valence-corrected chi connectivity index (χ3v) is 5.11. The Morgan fingerprint density at radius 1 is 0.852 bits per heavy atom. The van der Waals surface area contributed by atoms with Gasteiger partial charge in [-0.1, -0.05) is 54.1 Å². The van der Waals surface area contributed by atoms with Crippen molar-refractivity contribution in [2.75, 3.05) is 0 Å². The summed E-state index contributed by atoms with van der Waals surface area (Å²) in [6.45, 7) is 1.79. The monoisotopic (exact) mass is 369 g/mol. The van der Waals surface area contributed by atoms with Gasteiger partial charge in [-0.2, -0.15) is 13.2 Å². The molecule has 1 aliphatic carbocycles. The number of fused-ring (bicyclic) bond motifs is 1. The van der Waals surface area contributed by atoms with Crippen LogP contribution in [0, 0.1) is 5.82 Å².